The van der Waals surface area contributed by atoms with Gasteiger partial charge in [-0.2, -0.15) is 0 Å². The highest BCUT2D eigenvalue weighted by Gasteiger charge is 2.25. The number of alkyl halides is 1. The first-order valence-electron chi connectivity index (χ1n) is 6.07. The minimum atomic E-state index is -0.163. The van der Waals surface area contributed by atoms with E-state index < -0.39 is 0 Å². The van der Waals surface area contributed by atoms with Crippen LogP contribution in [0.5, 0.6) is 0 Å². The Morgan fingerprint density at radius 3 is 2.67 bits per heavy atom. The average Bonchev–Trinajstić information content (AvgIpc) is 2.32. The molecule has 0 saturated carbocycles. The highest BCUT2D eigenvalue weighted by molar-refractivity contribution is 9.10. The van der Waals surface area contributed by atoms with Gasteiger partial charge in [0.1, 0.15) is 0 Å². The molecule has 1 rings (SSSR count). The SMILES string of the molecule is CCC(C)(CCBr)NC(=O)c1cccc(C)c1Br. The highest BCUT2D eigenvalue weighted by atomic mass is 79.9. The Labute approximate surface area is 126 Å². The molecule has 0 aliphatic heterocycles. The molecule has 0 aliphatic rings. The van der Waals surface area contributed by atoms with Gasteiger partial charge in [0.2, 0.25) is 0 Å². The Balaban J connectivity index is 2.91. The van der Waals surface area contributed by atoms with Gasteiger partial charge >= 0.3 is 0 Å². The summed E-state index contributed by atoms with van der Waals surface area (Å²) in [4.78, 5) is 12.3. The molecule has 1 N–H and O–H groups in total. The normalized spacial score (nSPS) is 14.1. The van der Waals surface area contributed by atoms with E-state index in [1.807, 2.05) is 25.1 Å². The third-order valence-corrected chi connectivity index (χ3v) is 4.73. The number of carbonyl (C=O) groups excluding carboxylic acids is 1. The number of halogens is 2. The van der Waals surface area contributed by atoms with Gasteiger partial charge in [-0.25, -0.2) is 0 Å². The van der Waals surface area contributed by atoms with Crippen molar-refractivity contribution in [3.63, 3.8) is 0 Å². The number of hydrogen-bond donors (Lipinski definition) is 1. The van der Waals surface area contributed by atoms with Crippen molar-refractivity contribution in [3.05, 3.63) is 33.8 Å². The summed E-state index contributed by atoms with van der Waals surface area (Å²) in [6.45, 7) is 6.16. The second kappa shape index (κ2) is 6.71. The first-order chi connectivity index (χ1) is 8.43. The van der Waals surface area contributed by atoms with Crippen molar-refractivity contribution in [1.82, 2.24) is 5.32 Å². The van der Waals surface area contributed by atoms with E-state index in [1.54, 1.807) is 0 Å². The van der Waals surface area contributed by atoms with Crippen molar-refractivity contribution in [2.75, 3.05) is 5.33 Å². The number of nitrogens with one attached hydrogen (secondary N) is 1. The van der Waals surface area contributed by atoms with Crippen molar-refractivity contribution >= 4 is 37.8 Å². The second-order valence-electron chi connectivity index (χ2n) is 4.74. The van der Waals surface area contributed by atoms with E-state index in [0.717, 1.165) is 28.2 Å². The van der Waals surface area contributed by atoms with Crippen molar-refractivity contribution in [2.45, 2.75) is 39.2 Å². The predicted molar refractivity (Wildman–Crippen MR) is 83.5 cm³/mol. The van der Waals surface area contributed by atoms with Crippen LogP contribution in [0.15, 0.2) is 22.7 Å². The fourth-order valence-electron chi connectivity index (χ4n) is 1.70. The second-order valence-corrected chi connectivity index (χ2v) is 6.33. The van der Waals surface area contributed by atoms with Gasteiger partial charge in [0.25, 0.3) is 5.91 Å². The van der Waals surface area contributed by atoms with Crippen LogP contribution in [0.1, 0.15) is 42.6 Å². The highest BCUT2D eigenvalue weighted by Crippen LogP contribution is 2.23. The molecule has 0 spiro atoms. The Morgan fingerprint density at radius 2 is 2.11 bits per heavy atom. The van der Waals surface area contributed by atoms with Crippen LogP contribution in [0.4, 0.5) is 0 Å². The summed E-state index contributed by atoms with van der Waals surface area (Å²) >= 11 is 6.92. The molecule has 18 heavy (non-hydrogen) atoms. The Kier molecular flexibility index (Phi) is 5.86. The van der Waals surface area contributed by atoms with E-state index in [2.05, 4.69) is 51.0 Å². The van der Waals surface area contributed by atoms with Gasteiger partial charge in [0.05, 0.1) is 5.56 Å². The molecule has 1 aromatic carbocycles. The number of hydrogen-bond acceptors (Lipinski definition) is 1. The Morgan fingerprint density at radius 1 is 1.44 bits per heavy atom. The van der Waals surface area contributed by atoms with Gasteiger partial charge in [-0.05, 0) is 54.2 Å². The summed E-state index contributed by atoms with van der Waals surface area (Å²) in [5.74, 6) is -0.0177. The molecule has 0 aliphatic carbocycles. The molecule has 0 fully saturated rings. The Hall–Kier alpha value is -0.350. The maximum atomic E-state index is 12.3. The molecule has 1 aromatic rings. The van der Waals surface area contributed by atoms with Crippen molar-refractivity contribution < 1.29 is 4.79 Å². The van der Waals surface area contributed by atoms with Gasteiger partial charge in [-0.1, -0.05) is 35.0 Å². The summed E-state index contributed by atoms with van der Waals surface area (Å²) in [6, 6.07) is 5.73. The lowest BCUT2D eigenvalue weighted by Gasteiger charge is -2.29. The van der Waals surface area contributed by atoms with Gasteiger partial charge in [-0.3, -0.25) is 4.79 Å². The molecule has 0 saturated heterocycles. The summed E-state index contributed by atoms with van der Waals surface area (Å²) in [7, 11) is 0. The zero-order valence-electron chi connectivity index (χ0n) is 11.0. The zero-order chi connectivity index (χ0) is 13.8. The lowest BCUT2D eigenvalue weighted by atomic mass is 9.95. The van der Waals surface area contributed by atoms with E-state index in [0.29, 0.717) is 5.56 Å². The third-order valence-electron chi connectivity index (χ3n) is 3.28. The minimum absolute atomic E-state index is 0.0177. The Bertz CT molecular complexity index is 434. The van der Waals surface area contributed by atoms with Gasteiger partial charge < -0.3 is 5.32 Å². The van der Waals surface area contributed by atoms with Crippen LogP contribution >= 0.6 is 31.9 Å². The van der Waals surface area contributed by atoms with E-state index in [4.69, 9.17) is 0 Å². The average molecular weight is 377 g/mol. The topological polar surface area (TPSA) is 29.1 Å². The van der Waals surface area contributed by atoms with Crippen LogP contribution in [-0.4, -0.2) is 16.8 Å². The minimum Gasteiger partial charge on any atom is -0.347 e. The fraction of sp³-hybridized carbons (Fsp3) is 0.500. The van der Waals surface area contributed by atoms with E-state index in [1.165, 1.54) is 0 Å². The van der Waals surface area contributed by atoms with Crippen LogP contribution in [-0.2, 0) is 0 Å². The molecular weight excluding hydrogens is 358 g/mol. The molecule has 0 heterocycles. The first kappa shape index (κ1) is 15.7. The van der Waals surface area contributed by atoms with Gasteiger partial charge in [-0.15, -0.1) is 0 Å². The number of amides is 1. The van der Waals surface area contributed by atoms with Crippen LogP contribution < -0.4 is 5.32 Å². The van der Waals surface area contributed by atoms with Gasteiger partial charge in [0.15, 0.2) is 0 Å². The first-order valence-corrected chi connectivity index (χ1v) is 7.98. The number of aryl methyl sites for hydroxylation is 1. The lowest BCUT2D eigenvalue weighted by molar-refractivity contribution is 0.0901. The predicted octanol–water partition coefficient (Wildman–Crippen LogP) is 4.44. The third kappa shape index (κ3) is 3.82. The molecule has 0 bridgehead atoms. The molecule has 2 nitrogen and oxygen atoms in total. The number of benzene rings is 1. The maximum Gasteiger partial charge on any atom is 0.252 e. The molecule has 1 atom stereocenters. The van der Waals surface area contributed by atoms with Crippen LogP contribution in [0.3, 0.4) is 0 Å². The van der Waals surface area contributed by atoms with Crippen LogP contribution in [0.2, 0.25) is 0 Å². The molecule has 0 radical (unpaired) electrons. The van der Waals surface area contributed by atoms with Gasteiger partial charge in [0, 0.05) is 15.3 Å². The summed E-state index contributed by atoms with van der Waals surface area (Å²) in [5.41, 5.74) is 1.61. The lowest BCUT2D eigenvalue weighted by Crippen LogP contribution is -2.45. The largest absolute Gasteiger partial charge is 0.347 e. The van der Waals surface area contributed by atoms with E-state index in [9.17, 15) is 4.79 Å². The maximum absolute atomic E-state index is 12.3. The smallest absolute Gasteiger partial charge is 0.252 e. The van der Waals surface area contributed by atoms with E-state index in [-0.39, 0.29) is 11.4 Å². The van der Waals surface area contributed by atoms with Crippen molar-refractivity contribution in [3.8, 4) is 0 Å². The molecule has 100 valence electrons. The van der Waals surface area contributed by atoms with Crippen molar-refractivity contribution in [1.29, 1.82) is 0 Å². The molecule has 1 amide bonds. The number of carbonyl (C=O) groups is 1. The van der Waals surface area contributed by atoms with Crippen LogP contribution in [0, 0.1) is 6.92 Å². The van der Waals surface area contributed by atoms with Crippen molar-refractivity contribution in [2.24, 2.45) is 0 Å². The zero-order valence-corrected chi connectivity index (χ0v) is 14.2. The van der Waals surface area contributed by atoms with E-state index >= 15 is 0 Å². The number of rotatable bonds is 5. The quantitative estimate of drug-likeness (QED) is 0.756. The summed E-state index contributed by atoms with van der Waals surface area (Å²) in [6.07, 6.45) is 1.83. The molecule has 0 aromatic heterocycles. The summed E-state index contributed by atoms with van der Waals surface area (Å²) in [5, 5.41) is 4.01. The molecule has 1 unspecified atom stereocenters. The standard InChI is InChI=1S/C14H19Br2NO/c1-4-14(3,8-9-15)17-13(18)11-7-5-6-10(2)12(11)16/h5-7H,4,8-9H2,1-3H3,(H,17,18). The van der Waals surface area contributed by atoms with Crippen LogP contribution in [0.25, 0.3) is 0 Å². The molecular formula is C14H19Br2NO. The summed E-state index contributed by atoms with van der Waals surface area (Å²) < 4.78 is 0.875. The molecule has 4 heteroatoms. The monoisotopic (exact) mass is 375 g/mol. The fourth-order valence-corrected chi connectivity index (χ4v) is 3.02.